The van der Waals surface area contributed by atoms with E-state index in [2.05, 4.69) is 39.4 Å². The summed E-state index contributed by atoms with van der Waals surface area (Å²) >= 11 is 6.05. The molecule has 0 spiro atoms. The molecule has 2 aromatic carbocycles. The third kappa shape index (κ3) is 7.12. The number of likely N-dealkylation sites (tertiary alicyclic amines) is 1. The lowest BCUT2D eigenvalue weighted by Crippen LogP contribution is -2.38. The van der Waals surface area contributed by atoms with E-state index in [9.17, 15) is 4.79 Å². The molecule has 5 nitrogen and oxygen atoms in total. The molecule has 2 aliphatic rings. The minimum atomic E-state index is -0.0736. The van der Waals surface area contributed by atoms with Gasteiger partial charge in [0.05, 0.1) is 12.1 Å². The molecule has 0 unspecified atom stereocenters. The number of benzene rings is 2. The number of hydrogen-bond acceptors (Lipinski definition) is 4. The highest BCUT2D eigenvalue weighted by Gasteiger charge is 2.20. The van der Waals surface area contributed by atoms with Crippen LogP contribution in [0.3, 0.4) is 0 Å². The fourth-order valence-corrected chi connectivity index (χ4v) is 4.73. The van der Waals surface area contributed by atoms with Crippen molar-refractivity contribution in [3.05, 3.63) is 58.6 Å². The van der Waals surface area contributed by atoms with Crippen LogP contribution in [-0.4, -0.2) is 50.6 Å². The van der Waals surface area contributed by atoms with Gasteiger partial charge in [-0.1, -0.05) is 37.6 Å². The molecule has 2 fully saturated rings. The summed E-state index contributed by atoms with van der Waals surface area (Å²) in [7, 11) is 1.55. The Labute approximate surface area is 204 Å². The van der Waals surface area contributed by atoms with Gasteiger partial charge in [0.2, 0.25) is 0 Å². The molecule has 0 bridgehead atoms. The van der Waals surface area contributed by atoms with Gasteiger partial charge in [-0.3, -0.25) is 9.69 Å². The summed E-state index contributed by atoms with van der Waals surface area (Å²) in [5, 5.41) is 3.59. The zero-order chi connectivity index (χ0) is 23.6. The van der Waals surface area contributed by atoms with Crippen LogP contribution in [0.4, 0.5) is 5.69 Å². The van der Waals surface area contributed by atoms with Crippen molar-refractivity contribution in [1.82, 2.24) is 10.2 Å². The van der Waals surface area contributed by atoms with Crippen molar-refractivity contribution in [2.75, 3.05) is 44.7 Å². The molecular formula is C27H38ClN3O2. The molecule has 2 aromatic rings. The standard InChI is InChI=1S/C25H32ClN3O2.C2H6/c1-31-24-16-21(6-9-23(24)26)25(30)27-17-19-10-14-28(15-11-19)18-20-4-7-22(8-5-20)29-12-2-3-13-29;1-2/h4-9,16,19H,2-3,10-15,17-18H2,1H3,(H,27,30);1-2H3. The first kappa shape index (κ1) is 25.4. The van der Waals surface area contributed by atoms with Crippen molar-refractivity contribution in [2.45, 2.75) is 46.1 Å². The molecule has 6 heteroatoms. The predicted molar refractivity (Wildman–Crippen MR) is 138 cm³/mol. The lowest BCUT2D eigenvalue weighted by Gasteiger charge is -2.32. The molecule has 2 heterocycles. The second-order valence-corrected chi connectivity index (χ2v) is 9.05. The number of methoxy groups -OCH3 is 1. The summed E-state index contributed by atoms with van der Waals surface area (Å²) in [4.78, 5) is 17.5. The van der Waals surface area contributed by atoms with Crippen LogP contribution in [-0.2, 0) is 6.54 Å². The number of hydrogen-bond donors (Lipinski definition) is 1. The maximum absolute atomic E-state index is 12.5. The number of carbonyl (C=O) groups excluding carboxylic acids is 1. The van der Waals surface area contributed by atoms with Crippen molar-refractivity contribution in [1.29, 1.82) is 0 Å². The Kier molecular flexibility index (Phi) is 9.89. The molecule has 33 heavy (non-hydrogen) atoms. The molecule has 0 saturated carbocycles. The Morgan fingerprint density at radius 2 is 1.70 bits per heavy atom. The first-order valence-electron chi connectivity index (χ1n) is 12.3. The van der Waals surface area contributed by atoms with Gasteiger partial charge in [0.25, 0.3) is 5.91 Å². The summed E-state index contributed by atoms with van der Waals surface area (Å²) in [6, 6.07) is 14.2. The van der Waals surface area contributed by atoms with Crippen molar-refractivity contribution < 1.29 is 9.53 Å². The van der Waals surface area contributed by atoms with E-state index in [1.54, 1.807) is 25.3 Å². The minimum absolute atomic E-state index is 0.0736. The highest BCUT2D eigenvalue weighted by Crippen LogP contribution is 2.25. The largest absolute Gasteiger partial charge is 0.495 e. The SMILES string of the molecule is CC.COc1cc(C(=O)NCC2CCN(Cc3ccc(N4CCCC4)cc3)CC2)ccc1Cl. The van der Waals surface area contributed by atoms with Gasteiger partial charge in [0.1, 0.15) is 5.75 Å². The molecule has 0 radical (unpaired) electrons. The van der Waals surface area contributed by atoms with Crippen LogP contribution in [0.1, 0.15) is 55.5 Å². The highest BCUT2D eigenvalue weighted by molar-refractivity contribution is 6.32. The normalized spacial score (nSPS) is 16.8. The maximum Gasteiger partial charge on any atom is 0.251 e. The van der Waals surface area contributed by atoms with Crippen molar-refractivity contribution in [2.24, 2.45) is 5.92 Å². The van der Waals surface area contributed by atoms with Crippen molar-refractivity contribution in [3.63, 3.8) is 0 Å². The number of ether oxygens (including phenoxy) is 1. The number of amides is 1. The van der Waals surface area contributed by atoms with Gasteiger partial charge < -0.3 is 15.0 Å². The fourth-order valence-electron chi connectivity index (χ4n) is 4.53. The van der Waals surface area contributed by atoms with Gasteiger partial charge in [-0.05, 0) is 80.6 Å². The van der Waals surface area contributed by atoms with Crippen molar-refractivity contribution in [3.8, 4) is 5.75 Å². The smallest absolute Gasteiger partial charge is 0.251 e. The second-order valence-electron chi connectivity index (χ2n) is 8.64. The maximum atomic E-state index is 12.5. The monoisotopic (exact) mass is 471 g/mol. The molecule has 1 amide bonds. The van der Waals surface area contributed by atoms with Gasteiger partial charge in [-0.2, -0.15) is 0 Å². The molecule has 0 atom stereocenters. The van der Waals surface area contributed by atoms with Crippen LogP contribution in [0, 0.1) is 5.92 Å². The number of nitrogens with one attached hydrogen (secondary N) is 1. The molecule has 2 aliphatic heterocycles. The zero-order valence-electron chi connectivity index (χ0n) is 20.3. The molecule has 4 rings (SSSR count). The lowest BCUT2D eigenvalue weighted by atomic mass is 9.96. The van der Waals surface area contributed by atoms with E-state index >= 15 is 0 Å². The van der Waals surface area contributed by atoms with Crippen LogP contribution < -0.4 is 15.0 Å². The Bertz CT molecular complexity index is 873. The van der Waals surface area contributed by atoms with E-state index in [-0.39, 0.29) is 5.91 Å². The summed E-state index contributed by atoms with van der Waals surface area (Å²) in [5.41, 5.74) is 3.32. The molecule has 0 aromatic heterocycles. The van der Waals surface area contributed by atoms with E-state index in [0.717, 1.165) is 32.5 Å². The van der Waals surface area contributed by atoms with Crippen LogP contribution >= 0.6 is 11.6 Å². The summed E-state index contributed by atoms with van der Waals surface area (Å²) in [6.07, 6.45) is 4.84. The van der Waals surface area contributed by atoms with Crippen molar-refractivity contribution >= 4 is 23.2 Å². The highest BCUT2D eigenvalue weighted by atomic mass is 35.5. The summed E-state index contributed by atoms with van der Waals surface area (Å²) in [6.45, 7) is 10.2. The summed E-state index contributed by atoms with van der Waals surface area (Å²) in [5.74, 6) is 0.971. The van der Waals surface area contributed by atoms with Gasteiger partial charge in [-0.15, -0.1) is 0 Å². The van der Waals surface area contributed by atoms with E-state index < -0.39 is 0 Å². The van der Waals surface area contributed by atoms with Gasteiger partial charge in [0, 0.05) is 37.4 Å². The van der Waals surface area contributed by atoms with Gasteiger partial charge in [0.15, 0.2) is 0 Å². The molecule has 0 aliphatic carbocycles. The van der Waals surface area contributed by atoms with Gasteiger partial charge >= 0.3 is 0 Å². The number of carbonyl (C=O) groups is 1. The van der Waals surface area contributed by atoms with Crippen LogP contribution in [0.15, 0.2) is 42.5 Å². The zero-order valence-corrected chi connectivity index (χ0v) is 21.0. The average molecular weight is 472 g/mol. The Morgan fingerprint density at radius 1 is 1.03 bits per heavy atom. The molecule has 2 saturated heterocycles. The van der Waals surface area contributed by atoms with Crippen LogP contribution in [0.25, 0.3) is 0 Å². The number of nitrogens with zero attached hydrogens (tertiary/aromatic N) is 2. The fraction of sp³-hybridized carbons (Fsp3) is 0.519. The number of rotatable bonds is 7. The molecule has 180 valence electrons. The average Bonchev–Trinajstić information content (AvgIpc) is 3.40. The number of halogens is 1. The Hall–Kier alpha value is -2.24. The molecule has 1 N–H and O–H groups in total. The topological polar surface area (TPSA) is 44.8 Å². The molecular weight excluding hydrogens is 434 g/mol. The van der Waals surface area contributed by atoms with E-state index in [4.69, 9.17) is 16.3 Å². The first-order chi connectivity index (χ1) is 16.1. The third-order valence-electron chi connectivity index (χ3n) is 6.49. The lowest BCUT2D eigenvalue weighted by molar-refractivity contribution is 0.0935. The van der Waals surface area contributed by atoms with Crippen LogP contribution in [0.2, 0.25) is 5.02 Å². The van der Waals surface area contributed by atoms with E-state index in [0.29, 0.717) is 28.8 Å². The Balaban J connectivity index is 0.00000149. The first-order valence-corrected chi connectivity index (χ1v) is 12.7. The predicted octanol–water partition coefficient (Wildman–Crippen LogP) is 5.62. The minimum Gasteiger partial charge on any atom is -0.495 e. The number of piperidine rings is 1. The van der Waals surface area contributed by atoms with E-state index in [1.807, 2.05) is 13.8 Å². The van der Waals surface area contributed by atoms with Gasteiger partial charge in [-0.25, -0.2) is 0 Å². The van der Waals surface area contributed by atoms with Crippen LogP contribution in [0.5, 0.6) is 5.75 Å². The van der Waals surface area contributed by atoms with E-state index in [1.165, 1.54) is 37.2 Å². The third-order valence-corrected chi connectivity index (χ3v) is 6.80. The Morgan fingerprint density at radius 3 is 2.33 bits per heavy atom. The summed E-state index contributed by atoms with van der Waals surface area (Å²) < 4.78 is 5.20. The second kappa shape index (κ2) is 12.9. The quantitative estimate of drug-likeness (QED) is 0.569. The number of anilines is 1.